The highest BCUT2D eigenvalue weighted by atomic mass is 32.2. The topological polar surface area (TPSA) is 82.1 Å². The Morgan fingerprint density at radius 1 is 1.14 bits per heavy atom. The first-order chi connectivity index (χ1) is 13.8. The summed E-state index contributed by atoms with van der Waals surface area (Å²) in [6.45, 7) is 5.99. The van der Waals surface area contributed by atoms with Gasteiger partial charge in [-0.3, -0.25) is 4.79 Å². The van der Waals surface area contributed by atoms with Crippen LogP contribution in [0.15, 0.2) is 42.5 Å². The molecule has 3 rings (SSSR count). The van der Waals surface area contributed by atoms with Crippen LogP contribution in [0.1, 0.15) is 43.1 Å². The molecule has 0 aliphatic carbocycles. The van der Waals surface area contributed by atoms with E-state index in [0.717, 1.165) is 12.0 Å². The highest BCUT2D eigenvalue weighted by Gasteiger charge is 2.24. The normalized spacial score (nSPS) is 13.8. The van der Waals surface area contributed by atoms with Gasteiger partial charge in [0.25, 0.3) is 5.91 Å². The fourth-order valence-corrected chi connectivity index (χ4v) is 3.46. The van der Waals surface area contributed by atoms with E-state index in [2.05, 4.69) is 0 Å². The smallest absolute Gasteiger partial charge is 0.308 e. The molecule has 0 bridgehead atoms. The lowest BCUT2D eigenvalue weighted by Crippen LogP contribution is -2.37. The number of hydrogen-bond donors (Lipinski definition) is 0. The van der Waals surface area contributed by atoms with E-state index < -0.39 is 10.1 Å². The van der Waals surface area contributed by atoms with Crippen LogP contribution in [0.5, 0.6) is 17.2 Å². The summed E-state index contributed by atoms with van der Waals surface area (Å²) in [7, 11) is -3.61. The summed E-state index contributed by atoms with van der Waals surface area (Å²) >= 11 is 0. The highest BCUT2D eigenvalue weighted by Crippen LogP contribution is 2.33. The van der Waals surface area contributed by atoms with Crippen molar-refractivity contribution in [3.05, 3.63) is 53.6 Å². The van der Waals surface area contributed by atoms with Crippen molar-refractivity contribution in [3.8, 4) is 17.2 Å². The highest BCUT2D eigenvalue weighted by molar-refractivity contribution is 7.87. The van der Waals surface area contributed by atoms with Crippen LogP contribution in [0, 0.1) is 0 Å². The second kappa shape index (κ2) is 8.73. The van der Waals surface area contributed by atoms with Gasteiger partial charge in [-0.1, -0.05) is 19.1 Å². The third-order valence-corrected chi connectivity index (χ3v) is 5.98. The van der Waals surface area contributed by atoms with Crippen molar-refractivity contribution in [2.24, 2.45) is 0 Å². The van der Waals surface area contributed by atoms with Gasteiger partial charge in [-0.15, -0.1) is 0 Å². The monoisotopic (exact) mass is 419 g/mol. The number of hydrogen-bond acceptors (Lipinski definition) is 6. The number of benzene rings is 2. The standard InChI is InChI=1S/C21H25NO6S/c1-4-15(3)22(21(23)17-9-10-19-20(12-17)27-14-26-19)13-16-7-6-8-18(11-16)28-29(24,25)5-2/h6-12,15H,4-5,13-14H2,1-3H3. The average molecular weight is 419 g/mol. The number of fused-ring (bicyclic) bond motifs is 1. The van der Waals surface area contributed by atoms with Crippen LogP contribution in [-0.4, -0.2) is 37.8 Å². The number of amides is 1. The number of nitrogens with zero attached hydrogens (tertiary/aromatic N) is 1. The van der Waals surface area contributed by atoms with Gasteiger partial charge in [-0.05, 0) is 56.2 Å². The van der Waals surface area contributed by atoms with E-state index in [1.807, 2.05) is 19.9 Å². The Morgan fingerprint density at radius 2 is 1.90 bits per heavy atom. The summed E-state index contributed by atoms with van der Waals surface area (Å²) in [5, 5.41) is 0. The van der Waals surface area contributed by atoms with Crippen molar-refractivity contribution in [1.29, 1.82) is 0 Å². The Bertz CT molecular complexity index is 988. The number of ether oxygens (including phenoxy) is 2. The molecule has 29 heavy (non-hydrogen) atoms. The van der Waals surface area contributed by atoms with Crippen molar-refractivity contribution in [1.82, 2.24) is 4.90 Å². The summed E-state index contributed by atoms with van der Waals surface area (Å²) < 4.78 is 39.3. The Hall–Kier alpha value is -2.74. The second-order valence-electron chi connectivity index (χ2n) is 6.84. The van der Waals surface area contributed by atoms with Crippen LogP contribution in [0.2, 0.25) is 0 Å². The first kappa shape index (κ1) is 21.0. The van der Waals surface area contributed by atoms with E-state index in [9.17, 15) is 13.2 Å². The first-order valence-electron chi connectivity index (χ1n) is 9.54. The van der Waals surface area contributed by atoms with Crippen molar-refractivity contribution in [2.75, 3.05) is 12.5 Å². The predicted molar refractivity (Wildman–Crippen MR) is 109 cm³/mol. The summed E-state index contributed by atoms with van der Waals surface area (Å²) in [5.74, 6) is 1.17. The molecule has 8 heteroatoms. The van der Waals surface area contributed by atoms with Gasteiger partial charge in [-0.2, -0.15) is 8.42 Å². The Balaban J connectivity index is 1.84. The molecule has 2 aromatic rings. The maximum absolute atomic E-state index is 13.2. The van der Waals surface area contributed by atoms with Crippen LogP contribution in [0.3, 0.4) is 0 Å². The van der Waals surface area contributed by atoms with Crippen molar-refractivity contribution < 1.29 is 26.9 Å². The van der Waals surface area contributed by atoms with Gasteiger partial charge in [0.1, 0.15) is 5.75 Å². The van der Waals surface area contributed by atoms with Crippen molar-refractivity contribution in [2.45, 2.75) is 39.8 Å². The van der Waals surface area contributed by atoms with Gasteiger partial charge in [0.05, 0.1) is 5.75 Å². The molecule has 0 aromatic heterocycles. The van der Waals surface area contributed by atoms with Crippen molar-refractivity contribution in [3.63, 3.8) is 0 Å². The van der Waals surface area contributed by atoms with E-state index in [1.54, 1.807) is 41.3 Å². The zero-order valence-electron chi connectivity index (χ0n) is 16.8. The maximum Gasteiger partial charge on any atom is 0.308 e. The third-order valence-electron chi connectivity index (χ3n) is 4.83. The Kier molecular flexibility index (Phi) is 6.32. The van der Waals surface area contributed by atoms with Gasteiger partial charge in [0.2, 0.25) is 6.79 Å². The zero-order valence-corrected chi connectivity index (χ0v) is 17.6. The van der Waals surface area contributed by atoms with Crippen LogP contribution in [0.25, 0.3) is 0 Å². The molecule has 1 heterocycles. The SMILES string of the molecule is CCC(C)N(Cc1cccc(OS(=O)(=O)CC)c1)C(=O)c1ccc2c(c1)OCO2. The van der Waals surface area contributed by atoms with Gasteiger partial charge >= 0.3 is 10.1 Å². The van der Waals surface area contributed by atoms with Gasteiger partial charge < -0.3 is 18.6 Å². The molecule has 0 spiro atoms. The third kappa shape index (κ3) is 5.00. The Morgan fingerprint density at radius 3 is 2.62 bits per heavy atom. The number of carbonyl (C=O) groups is 1. The van der Waals surface area contributed by atoms with Gasteiger partial charge in [-0.25, -0.2) is 0 Å². The molecule has 156 valence electrons. The minimum absolute atomic E-state index is 0.0168. The lowest BCUT2D eigenvalue weighted by Gasteiger charge is -2.29. The minimum Gasteiger partial charge on any atom is -0.454 e. The number of rotatable bonds is 8. The predicted octanol–water partition coefficient (Wildman–Crippen LogP) is 3.58. The first-order valence-corrected chi connectivity index (χ1v) is 11.1. The molecule has 1 aliphatic rings. The molecule has 0 fully saturated rings. The van der Waals surface area contributed by atoms with Crippen LogP contribution in [-0.2, 0) is 16.7 Å². The lowest BCUT2D eigenvalue weighted by atomic mass is 10.1. The molecule has 0 N–H and O–H groups in total. The molecule has 1 atom stereocenters. The van der Waals surface area contributed by atoms with Crippen molar-refractivity contribution >= 4 is 16.0 Å². The molecule has 1 unspecified atom stereocenters. The molecule has 2 aromatic carbocycles. The van der Waals surface area contributed by atoms with E-state index in [1.165, 1.54) is 6.92 Å². The quantitative estimate of drug-likeness (QED) is 0.608. The molecule has 0 saturated heterocycles. The Labute approximate surface area is 171 Å². The summed E-state index contributed by atoms with van der Waals surface area (Å²) in [4.78, 5) is 15.0. The summed E-state index contributed by atoms with van der Waals surface area (Å²) in [6, 6.07) is 11.9. The van der Waals surface area contributed by atoms with Crippen LogP contribution < -0.4 is 13.7 Å². The second-order valence-corrected chi connectivity index (χ2v) is 8.69. The molecule has 0 saturated carbocycles. The van der Waals surface area contributed by atoms with Gasteiger partial charge in [0.15, 0.2) is 11.5 Å². The molecule has 1 aliphatic heterocycles. The largest absolute Gasteiger partial charge is 0.454 e. The minimum atomic E-state index is -3.61. The molecular formula is C21H25NO6S. The summed E-state index contributed by atoms with van der Waals surface area (Å²) in [5.41, 5.74) is 1.29. The van der Waals surface area contributed by atoms with Crippen LogP contribution >= 0.6 is 0 Å². The maximum atomic E-state index is 13.2. The fourth-order valence-electron chi connectivity index (χ4n) is 2.94. The zero-order chi connectivity index (χ0) is 21.0. The molecule has 7 nitrogen and oxygen atoms in total. The van der Waals surface area contributed by atoms with E-state index >= 15 is 0 Å². The average Bonchev–Trinajstić information content (AvgIpc) is 3.19. The molecule has 0 radical (unpaired) electrons. The van der Waals surface area contributed by atoms with E-state index in [0.29, 0.717) is 23.6 Å². The number of carbonyl (C=O) groups excluding carboxylic acids is 1. The van der Waals surface area contributed by atoms with E-state index in [-0.39, 0.29) is 30.2 Å². The molecular weight excluding hydrogens is 394 g/mol. The van der Waals surface area contributed by atoms with Crippen LogP contribution in [0.4, 0.5) is 0 Å². The van der Waals surface area contributed by atoms with Gasteiger partial charge in [0, 0.05) is 18.2 Å². The van der Waals surface area contributed by atoms with E-state index in [4.69, 9.17) is 13.7 Å². The lowest BCUT2D eigenvalue weighted by molar-refractivity contribution is 0.0671. The fraction of sp³-hybridized carbons (Fsp3) is 0.381. The summed E-state index contributed by atoms with van der Waals surface area (Å²) in [6.07, 6.45) is 0.775. The molecule has 1 amide bonds.